The third-order valence-corrected chi connectivity index (χ3v) is 5.10. The predicted octanol–water partition coefficient (Wildman–Crippen LogP) is 3.57. The van der Waals surface area contributed by atoms with Gasteiger partial charge in [0.05, 0.1) is 18.2 Å². The van der Waals surface area contributed by atoms with E-state index in [4.69, 9.17) is 21.7 Å². The van der Waals surface area contributed by atoms with Gasteiger partial charge in [-0.3, -0.25) is 9.69 Å². The van der Waals surface area contributed by atoms with E-state index in [0.29, 0.717) is 34.5 Å². The molecule has 1 heterocycles. The van der Waals surface area contributed by atoms with E-state index in [0.717, 1.165) is 11.1 Å². The van der Waals surface area contributed by atoms with Crippen molar-refractivity contribution in [3.05, 3.63) is 64.9 Å². The van der Waals surface area contributed by atoms with E-state index < -0.39 is 0 Å². The number of amides is 1. The Bertz CT molecular complexity index is 1030. The highest BCUT2D eigenvalue weighted by Crippen LogP contribution is 2.31. The van der Waals surface area contributed by atoms with Crippen LogP contribution in [0.5, 0.6) is 11.5 Å². The number of carbonyl (C=O) groups is 1. The molecule has 0 aliphatic carbocycles. The summed E-state index contributed by atoms with van der Waals surface area (Å²) in [5.41, 5.74) is 2.68. The van der Waals surface area contributed by atoms with Crippen LogP contribution >= 0.6 is 12.2 Å². The van der Waals surface area contributed by atoms with E-state index in [1.165, 1.54) is 4.90 Å². The number of likely N-dealkylation sites (N-methyl/N-ethyl adjacent to an activating group) is 2. The summed E-state index contributed by atoms with van der Waals surface area (Å²) in [4.78, 5) is 15.5. The zero-order valence-corrected chi connectivity index (χ0v) is 17.3. The maximum absolute atomic E-state index is 12.4. The molecule has 0 atom stereocenters. The van der Waals surface area contributed by atoms with Gasteiger partial charge in [-0.15, -0.1) is 0 Å². The summed E-state index contributed by atoms with van der Waals surface area (Å²) in [5, 5.41) is 9.69. The molecule has 6 nitrogen and oxygen atoms in total. The first-order valence-electron chi connectivity index (χ1n) is 9.11. The largest absolute Gasteiger partial charge is 0.490 e. The van der Waals surface area contributed by atoms with Crippen molar-refractivity contribution in [2.45, 2.75) is 13.5 Å². The van der Waals surface area contributed by atoms with Gasteiger partial charge in [-0.25, -0.2) is 0 Å². The first-order chi connectivity index (χ1) is 14.0. The topological polar surface area (TPSA) is 65.8 Å². The SMILES string of the molecule is CCOc1cc(/C=C2/C(=O)N(C)C(=S)N2C)ccc1OCc1ccccc1C#N. The van der Waals surface area contributed by atoms with Crippen molar-refractivity contribution in [3.63, 3.8) is 0 Å². The standard InChI is InChI=1S/C22H21N3O3S/c1-4-27-20-12-15(11-18-21(26)25(3)22(29)24(18)2)9-10-19(20)28-14-17-8-6-5-7-16(17)13-23/h5-12H,4,14H2,1-3H3/b18-11-. The van der Waals surface area contributed by atoms with Crippen LogP contribution in [0.15, 0.2) is 48.2 Å². The minimum Gasteiger partial charge on any atom is -0.490 e. The summed E-state index contributed by atoms with van der Waals surface area (Å²) >= 11 is 5.25. The van der Waals surface area contributed by atoms with Crippen LogP contribution in [0.2, 0.25) is 0 Å². The Hall–Kier alpha value is -3.37. The van der Waals surface area contributed by atoms with Gasteiger partial charge in [0, 0.05) is 19.7 Å². The molecule has 29 heavy (non-hydrogen) atoms. The number of hydrogen-bond donors (Lipinski definition) is 0. The second kappa shape index (κ2) is 8.76. The molecule has 1 aliphatic heterocycles. The lowest BCUT2D eigenvalue weighted by Gasteiger charge is -2.14. The van der Waals surface area contributed by atoms with E-state index >= 15 is 0 Å². The Balaban J connectivity index is 1.86. The molecule has 2 aromatic carbocycles. The number of carbonyl (C=O) groups excluding carboxylic acids is 1. The Labute approximate surface area is 175 Å². The summed E-state index contributed by atoms with van der Waals surface area (Å²) in [5.74, 6) is 0.990. The van der Waals surface area contributed by atoms with Gasteiger partial charge < -0.3 is 14.4 Å². The molecule has 1 fully saturated rings. The smallest absolute Gasteiger partial charge is 0.276 e. The third kappa shape index (κ3) is 4.23. The number of rotatable bonds is 6. The van der Waals surface area contributed by atoms with Crippen molar-refractivity contribution in [2.24, 2.45) is 0 Å². The average molecular weight is 407 g/mol. The van der Waals surface area contributed by atoms with E-state index in [9.17, 15) is 10.1 Å². The number of hydrogen-bond acceptors (Lipinski definition) is 5. The normalized spacial score (nSPS) is 15.0. The van der Waals surface area contributed by atoms with Gasteiger partial charge in [0.2, 0.25) is 0 Å². The van der Waals surface area contributed by atoms with Crippen LogP contribution in [0.4, 0.5) is 0 Å². The highest BCUT2D eigenvalue weighted by molar-refractivity contribution is 7.80. The quantitative estimate of drug-likeness (QED) is 0.539. The Morgan fingerprint density at radius 1 is 1.10 bits per heavy atom. The van der Waals surface area contributed by atoms with Crippen LogP contribution in [-0.4, -0.2) is 41.5 Å². The van der Waals surface area contributed by atoms with Crippen LogP contribution in [0.3, 0.4) is 0 Å². The van der Waals surface area contributed by atoms with Gasteiger partial charge >= 0.3 is 0 Å². The molecule has 0 spiro atoms. The Morgan fingerprint density at radius 2 is 1.86 bits per heavy atom. The van der Waals surface area contributed by atoms with Crippen LogP contribution in [0.1, 0.15) is 23.6 Å². The fourth-order valence-electron chi connectivity index (χ4n) is 2.96. The molecule has 1 saturated heterocycles. The zero-order chi connectivity index (χ0) is 21.0. The third-order valence-electron chi connectivity index (χ3n) is 4.55. The number of nitriles is 1. The van der Waals surface area contributed by atoms with E-state index in [2.05, 4.69) is 6.07 Å². The van der Waals surface area contributed by atoms with Gasteiger partial charge in [0.25, 0.3) is 5.91 Å². The predicted molar refractivity (Wildman–Crippen MR) is 114 cm³/mol. The van der Waals surface area contributed by atoms with Crippen molar-refractivity contribution in [2.75, 3.05) is 20.7 Å². The first kappa shape index (κ1) is 20.4. The minimum atomic E-state index is -0.149. The average Bonchev–Trinajstić information content (AvgIpc) is 2.91. The number of thiocarbonyl (C=S) groups is 1. The second-order valence-electron chi connectivity index (χ2n) is 6.43. The van der Waals surface area contributed by atoms with Crippen molar-refractivity contribution >= 4 is 29.3 Å². The van der Waals surface area contributed by atoms with Crippen molar-refractivity contribution in [3.8, 4) is 17.6 Å². The fourth-order valence-corrected chi connectivity index (χ4v) is 3.14. The Morgan fingerprint density at radius 3 is 2.52 bits per heavy atom. The van der Waals surface area contributed by atoms with Gasteiger partial charge in [-0.2, -0.15) is 5.26 Å². The fraction of sp³-hybridized carbons (Fsp3) is 0.227. The second-order valence-corrected chi connectivity index (χ2v) is 6.80. The van der Waals surface area contributed by atoms with E-state index in [1.54, 1.807) is 37.2 Å². The molecule has 7 heteroatoms. The summed E-state index contributed by atoms with van der Waals surface area (Å²) < 4.78 is 11.6. The molecule has 0 saturated carbocycles. The minimum absolute atomic E-state index is 0.149. The monoisotopic (exact) mass is 407 g/mol. The van der Waals surface area contributed by atoms with Gasteiger partial charge in [-0.05, 0) is 49.0 Å². The van der Waals surface area contributed by atoms with Crippen LogP contribution < -0.4 is 9.47 Å². The van der Waals surface area contributed by atoms with Gasteiger partial charge in [0.1, 0.15) is 12.3 Å². The number of benzene rings is 2. The van der Waals surface area contributed by atoms with Crippen molar-refractivity contribution in [1.29, 1.82) is 5.26 Å². The molecular weight excluding hydrogens is 386 g/mol. The molecule has 3 rings (SSSR count). The molecule has 1 aliphatic rings. The zero-order valence-electron chi connectivity index (χ0n) is 16.5. The van der Waals surface area contributed by atoms with Crippen molar-refractivity contribution < 1.29 is 14.3 Å². The summed E-state index contributed by atoms with van der Waals surface area (Å²) in [6.45, 7) is 2.61. The lowest BCUT2D eigenvalue weighted by Crippen LogP contribution is -2.26. The lowest BCUT2D eigenvalue weighted by molar-refractivity contribution is -0.121. The molecule has 0 N–H and O–H groups in total. The number of nitrogens with zero attached hydrogens (tertiary/aromatic N) is 3. The molecule has 0 unspecified atom stereocenters. The van der Waals surface area contributed by atoms with Crippen LogP contribution in [-0.2, 0) is 11.4 Å². The Kier molecular flexibility index (Phi) is 6.15. The van der Waals surface area contributed by atoms with Crippen molar-refractivity contribution in [1.82, 2.24) is 9.80 Å². The molecule has 0 radical (unpaired) electrons. The highest BCUT2D eigenvalue weighted by Gasteiger charge is 2.32. The summed E-state index contributed by atoms with van der Waals surface area (Å²) in [6.07, 6.45) is 1.77. The maximum Gasteiger partial charge on any atom is 0.276 e. The summed E-state index contributed by atoms with van der Waals surface area (Å²) in [7, 11) is 3.42. The molecule has 148 valence electrons. The van der Waals surface area contributed by atoms with Gasteiger partial charge in [-0.1, -0.05) is 24.3 Å². The highest BCUT2D eigenvalue weighted by atomic mass is 32.1. The van der Waals surface area contributed by atoms with E-state index in [1.807, 2.05) is 37.3 Å². The van der Waals surface area contributed by atoms with Gasteiger partial charge in [0.15, 0.2) is 16.6 Å². The van der Waals surface area contributed by atoms with Crippen LogP contribution in [0.25, 0.3) is 6.08 Å². The molecule has 0 aromatic heterocycles. The molecular formula is C22H21N3O3S. The molecule has 2 aromatic rings. The van der Waals surface area contributed by atoms with E-state index in [-0.39, 0.29) is 12.5 Å². The lowest BCUT2D eigenvalue weighted by atomic mass is 10.1. The number of ether oxygens (including phenoxy) is 2. The molecule has 0 bridgehead atoms. The maximum atomic E-state index is 12.4. The summed E-state index contributed by atoms with van der Waals surface area (Å²) in [6, 6.07) is 14.9. The first-order valence-corrected chi connectivity index (χ1v) is 9.52. The molecule has 1 amide bonds. The van der Waals surface area contributed by atoms with Crippen LogP contribution in [0, 0.1) is 11.3 Å².